The van der Waals surface area contributed by atoms with Crippen molar-refractivity contribution in [2.24, 2.45) is 0 Å². The summed E-state index contributed by atoms with van der Waals surface area (Å²) in [5.41, 5.74) is 2.20. The molecule has 7 heteroatoms. The highest BCUT2D eigenvalue weighted by atomic mass is 19.1. The molecule has 1 aliphatic rings. The van der Waals surface area contributed by atoms with E-state index in [1.165, 1.54) is 6.07 Å². The van der Waals surface area contributed by atoms with Crippen LogP contribution < -0.4 is 0 Å². The Morgan fingerprint density at radius 3 is 2.93 bits per heavy atom. The lowest BCUT2D eigenvalue weighted by atomic mass is 10.1. The SMILES string of the molecule is CCOC(=O)N1CCN(CCc2cc(-c3cc(C)ccc3F)on2)[C@H](C)C1. The summed E-state index contributed by atoms with van der Waals surface area (Å²) in [7, 11) is 0. The number of piperazine rings is 1. The highest BCUT2D eigenvalue weighted by Gasteiger charge is 2.27. The van der Waals surface area contributed by atoms with Gasteiger partial charge in [0.05, 0.1) is 17.9 Å². The van der Waals surface area contributed by atoms with Gasteiger partial charge in [-0.3, -0.25) is 4.90 Å². The van der Waals surface area contributed by atoms with Gasteiger partial charge in [0, 0.05) is 44.7 Å². The second-order valence-electron chi connectivity index (χ2n) is 6.95. The Morgan fingerprint density at radius 1 is 1.37 bits per heavy atom. The number of carbonyl (C=O) groups excluding carboxylic acids is 1. The number of amides is 1. The van der Waals surface area contributed by atoms with E-state index in [4.69, 9.17) is 9.26 Å². The molecule has 1 amide bonds. The van der Waals surface area contributed by atoms with Gasteiger partial charge in [-0.15, -0.1) is 0 Å². The van der Waals surface area contributed by atoms with E-state index in [9.17, 15) is 9.18 Å². The van der Waals surface area contributed by atoms with E-state index in [-0.39, 0.29) is 18.0 Å². The first kappa shape index (κ1) is 19.4. The Balaban J connectivity index is 1.56. The van der Waals surface area contributed by atoms with Gasteiger partial charge < -0.3 is 14.2 Å². The van der Waals surface area contributed by atoms with Crippen LogP contribution >= 0.6 is 0 Å². The van der Waals surface area contributed by atoms with E-state index >= 15 is 0 Å². The number of nitrogens with zero attached hydrogens (tertiary/aromatic N) is 3. The molecule has 2 heterocycles. The van der Waals surface area contributed by atoms with Gasteiger partial charge in [-0.2, -0.15) is 0 Å². The maximum absolute atomic E-state index is 14.0. The van der Waals surface area contributed by atoms with Crippen molar-refractivity contribution in [2.75, 3.05) is 32.8 Å². The van der Waals surface area contributed by atoms with Gasteiger partial charge in [0.15, 0.2) is 5.76 Å². The zero-order valence-corrected chi connectivity index (χ0v) is 16.1. The largest absolute Gasteiger partial charge is 0.450 e. The molecule has 1 aromatic heterocycles. The molecule has 0 aliphatic carbocycles. The van der Waals surface area contributed by atoms with E-state index in [1.807, 2.05) is 13.8 Å². The van der Waals surface area contributed by atoms with Crippen LogP contribution in [0.4, 0.5) is 9.18 Å². The minimum absolute atomic E-state index is 0.240. The van der Waals surface area contributed by atoms with Crippen molar-refractivity contribution < 1.29 is 18.4 Å². The molecule has 1 atom stereocenters. The molecule has 0 bridgehead atoms. The number of benzene rings is 1. The third-order valence-corrected chi connectivity index (χ3v) is 4.89. The normalized spacial score (nSPS) is 17.9. The second kappa shape index (κ2) is 8.52. The Bertz CT molecular complexity index is 793. The fourth-order valence-electron chi connectivity index (χ4n) is 3.35. The van der Waals surface area contributed by atoms with Crippen molar-refractivity contribution in [1.82, 2.24) is 15.0 Å². The molecule has 0 spiro atoms. The predicted molar refractivity (Wildman–Crippen MR) is 100.0 cm³/mol. The van der Waals surface area contributed by atoms with Gasteiger partial charge in [-0.25, -0.2) is 9.18 Å². The number of hydrogen-bond acceptors (Lipinski definition) is 5. The zero-order valence-electron chi connectivity index (χ0n) is 16.1. The second-order valence-corrected chi connectivity index (χ2v) is 6.95. The number of rotatable bonds is 5. The molecule has 27 heavy (non-hydrogen) atoms. The molecule has 1 fully saturated rings. The summed E-state index contributed by atoms with van der Waals surface area (Å²) in [4.78, 5) is 15.9. The van der Waals surface area contributed by atoms with Crippen LogP contribution in [0.1, 0.15) is 25.1 Å². The summed E-state index contributed by atoms with van der Waals surface area (Å²) in [6.45, 7) is 9.12. The number of aromatic nitrogens is 1. The monoisotopic (exact) mass is 375 g/mol. The van der Waals surface area contributed by atoms with Crippen molar-refractivity contribution in [3.8, 4) is 11.3 Å². The number of ether oxygens (including phenoxy) is 1. The van der Waals surface area contributed by atoms with Crippen molar-refractivity contribution in [2.45, 2.75) is 33.2 Å². The molecular formula is C20H26FN3O3. The lowest BCUT2D eigenvalue weighted by Crippen LogP contribution is -2.54. The van der Waals surface area contributed by atoms with Gasteiger partial charge in [0.2, 0.25) is 0 Å². The molecule has 146 valence electrons. The Labute approximate surface area is 158 Å². The van der Waals surface area contributed by atoms with E-state index in [0.717, 1.165) is 24.3 Å². The van der Waals surface area contributed by atoms with Crippen molar-refractivity contribution >= 4 is 6.09 Å². The fraction of sp³-hybridized carbons (Fsp3) is 0.500. The van der Waals surface area contributed by atoms with Crippen LogP contribution in [0, 0.1) is 12.7 Å². The number of hydrogen-bond donors (Lipinski definition) is 0. The molecule has 3 rings (SSSR count). The smallest absolute Gasteiger partial charge is 0.409 e. The van der Waals surface area contributed by atoms with Crippen molar-refractivity contribution in [3.05, 3.63) is 41.3 Å². The van der Waals surface area contributed by atoms with Gasteiger partial charge >= 0.3 is 6.09 Å². The molecule has 1 aliphatic heterocycles. The Morgan fingerprint density at radius 2 is 2.19 bits per heavy atom. The molecule has 6 nitrogen and oxygen atoms in total. The lowest BCUT2D eigenvalue weighted by molar-refractivity contribution is 0.0579. The van der Waals surface area contributed by atoms with E-state index in [0.29, 0.717) is 37.4 Å². The molecule has 2 aromatic rings. The van der Waals surface area contributed by atoms with Gasteiger partial charge in [0.1, 0.15) is 5.82 Å². The van der Waals surface area contributed by atoms with Crippen molar-refractivity contribution in [1.29, 1.82) is 0 Å². The molecule has 0 unspecified atom stereocenters. The maximum atomic E-state index is 14.0. The first-order valence-electron chi connectivity index (χ1n) is 9.35. The third kappa shape index (κ3) is 4.66. The summed E-state index contributed by atoms with van der Waals surface area (Å²) >= 11 is 0. The van der Waals surface area contributed by atoms with Crippen LogP contribution in [0.15, 0.2) is 28.8 Å². The highest BCUT2D eigenvalue weighted by molar-refractivity contribution is 5.67. The number of aryl methyl sites for hydroxylation is 1. The molecule has 0 N–H and O–H groups in total. The van der Waals surface area contributed by atoms with E-state index < -0.39 is 0 Å². The van der Waals surface area contributed by atoms with Gasteiger partial charge in [0.25, 0.3) is 0 Å². The van der Waals surface area contributed by atoms with Crippen LogP contribution in [0.3, 0.4) is 0 Å². The average molecular weight is 375 g/mol. The summed E-state index contributed by atoms with van der Waals surface area (Å²) in [6.07, 6.45) is 0.464. The summed E-state index contributed by atoms with van der Waals surface area (Å²) < 4.78 is 24.4. The average Bonchev–Trinajstić information content (AvgIpc) is 3.11. The topological polar surface area (TPSA) is 58.8 Å². The number of carbonyl (C=O) groups is 1. The Hall–Kier alpha value is -2.41. The van der Waals surface area contributed by atoms with Crippen molar-refractivity contribution in [3.63, 3.8) is 0 Å². The van der Waals surface area contributed by atoms with Crippen LogP contribution in [-0.2, 0) is 11.2 Å². The number of halogens is 1. The standard InChI is InChI=1S/C20H26FN3O3/c1-4-26-20(25)24-10-9-23(15(3)13-24)8-7-16-12-19(27-22-16)17-11-14(2)5-6-18(17)21/h5-6,11-12,15H,4,7-10,13H2,1-3H3/t15-/m1/s1. The molecule has 0 radical (unpaired) electrons. The summed E-state index contributed by atoms with van der Waals surface area (Å²) in [5.74, 6) is 0.137. The van der Waals surface area contributed by atoms with Crippen LogP contribution in [0.25, 0.3) is 11.3 Å². The minimum atomic E-state index is -0.313. The van der Waals surface area contributed by atoms with E-state index in [1.54, 1.807) is 23.1 Å². The molecule has 0 saturated carbocycles. The first-order chi connectivity index (χ1) is 13.0. The summed E-state index contributed by atoms with van der Waals surface area (Å²) in [5, 5.41) is 4.09. The first-order valence-corrected chi connectivity index (χ1v) is 9.35. The maximum Gasteiger partial charge on any atom is 0.409 e. The molecule has 1 saturated heterocycles. The lowest BCUT2D eigenvalue weighted by Gasteiger charge is -2.39. The predicted octanol–water partition coefficient (Wildman–Crippen LogP) is 3.49. The minimum Gasteiger partial charge on any atom is -0.450 e. The van der Waals surface area contributed by atoms with Gasteiger partial charge in [-0.05, 0) is 32.9 Å². The quantitative estimate of drug-likeness (QED) is 0.801. The van der Waals surface area contributed by atoms with E-state index in [2.05, 4.69) is 17.0 Å². The fourth-order valence-corrected chi connectivity index (χ4v) is 3.35. The zero-order chi connectivity index (χ0) is 19.4. The molecular weight excluding hydrogens is 349 g/mol. The van der Waals surface area contributed by atoms with Crippen LogP contribution in [0.5, 0.6) is 0 Å². The van der Waals surface area contributed by atoms with Gasteiger partial charge in [-0.1, -0.05) is 16.8 Å². The van der Waals surface area contributed by atoms with Crippen LogP contribution in [0.2, 0.25) is 0 Å². The Kier molecular flexibility index (Phi) is 6.11. The molecule has 1 aromatic carbocycles. The third-order valence-electron chi connectivity index (χ3n) is 4.89. The summed E-state index contributed by atoms with van der Waals surface area (Å²) in [6, 6.07) is 6.97. The van der Waals surface area contributed by atoms with Crippen LogP contribution in [-0.4, -0.2) is 59.9 Å². The highest BCUT2D eigenvalue weighted by Crippen LogP contribution is 2.25.